The molecular weight excluding hydrogens is 228 g/mol. The van der Waals surface area contributed by atoms with E-state index in [4.69, 9.17) is 21.4 Å². The number of benzene rings is 1. The van der Waals surface area contributed by atoms with Crippen LogP contribution in [0.3, 0.4) is 0 Å². The zero-order chi connectivity index (χ0) is 12.2. The Morgan fingerprint density at radius 3 is 2.62 bits per heavy atom. The summed E-state index contributed by atoms with van der Waals surface area (Å²) in [6.45, 7) is 3.68. The molecule has 0 bridgehead atoms. The van der Waals surface area contributed by atoms with E-state index in [9.17, 15) is 4.79 Å². The molecule has 0 aliphatic rings. The van der Waals surface area contributed by atoms with E-state index in [2.05, 4.69) is 0 Å². The predicted octanol–water partition coefficient (Wildman–Crippen LogP) is 3.22. The van der Waals surface area contributed by atoms with Crippen molar-refractivity contribution in [3.63, 3.8) is 0 Å². The van der Waals surface area contributed by atoms with Crippen LogP contribution in [-0.2, 0) is 4.79 Å². The van der Waals surface area contributed by atoms with Crippen molar-refractivity contribution < 1.29 is 14.6 Å². The summed E-state index contributed by atoms with van der Waals surface area (Å²) < 4.78 is 5.43. The number of carboxylic acid groups (broad SMARTS) is 1. The summed E-state index contributed by atoms with van der Waals surface area (Å²) in [5.74, 6) is -0.236. The van der Waals surface area contributed by atoms with Crippen LogP contribution in [0.5, 0.6) is 5.75 Å². The Labute approximate surface area is 100.0 Å². The number of hydrogen-bond acceptors (Lipinski definition) is 2. The van der Waals surface area contributed by atoms with Crippen LogP contribution in [0.15, 0.2) is 24.3 Å². The van der Waals surface area contributed by atoms with Crippen molar-refractivity contribution in [1.82, 2.24) is 0 Å². The highest BCUT2D eigenvalue weighted by atomic mass is 35.5. The molecule has 0 atom stereocenters. The molecule has 0 unspecified atom stereocenters. The molecule has 1 aromatic carbocycles. The van der Waals surface area contributed by atoms with Gasteiger partial charge in [-0.1, -0.05) is 23.7 Å². The Kier molecular flexibility index (Phi) is 4.19. The van der Waals surface area contributed by atoms with Crippen LogP contribution in [0.4, 0.5) is 0 Å². The smallest absolute Gasteiger partial charge is 0.309 e. The van der Waals surface area contributed by atoms with Gasteiger partial charge in [-0.2, -0.15) is 0 Å². The molecule has 0 radical (unpaired) electrons. The van der Waals surface area contributed by atoms with E-state index in [1.807, 2.05) is 12.1 Å². The van der Waals surface area contributed by atoms with Crippen LogP contribution in [0.1, 0.15) is 20.3 Å². The van der Waals surface area contributed by atoms with Gasteiger partial charge in [0.15, 0.2) is 0 Å². The maximum Gasteiger partial charge on any atom is 0.309 e. The maximum atomic E-state index is 10.8. The predicted molar refractivity (Wildman–Crippen MR) is 63.0 cm³/mol. The third-order valence-corrected chi connectivity index (χ3v) is 2.71. The first-order chi connectivity index (χ1) is 7.43. The number of rotatable bonds is 5. The lowest BCUT2D eigenvalue weighted by Gasteiger charge is -2.19. The Hall–Kier alpha value is -1.22. The van der Waals surface area contributed by atoms with Crippen LogP contribution in [-0.4, -0.2) is 17.7 Å². The van der Waals surface area contributed by atoms with Gasteiger partial charge in [0.1, 0.15) is 5.75 Å². The topological polar surface area (TPSA) is 46.5 Å². The molecule has 0 amide bonds. The summed E-state index contributed by atoms with van der Waals surface area (Å²) in [5, 5.41) is 9.45. The Balaban J connectivity index is 2.48. The largest absolute Gasteiger partial charge is 0.492 e. The monoisotopic (exact) mass is 242 g/mol. The molecule has 0 fully saturated rings. The van der Waals surface area contributed by atoms with Gasteiger partial charge in [0.2, 0.25) is 0 Å². The lowest BCUT2D eigenvalue weighted by atomic mass is 9.90. The molecular formula is C12H15ClO3. The number of aliphatic carboxylic acids is 1. The van der Waals surface area contributed by atoms with Gasteiger partial charge in [-0.05, 0) is 32.4 Å². The zero-order valence-corrected chi connectivity index (χ0v) is 10.1. The van der Waals surface area contributed by atoms with Gasteiger partial charge in [-0.3, -0.25) is 4.79 Å². The first-order valence-electron chi connectivity index (χ1n) is 5.04. The van der Waals surface area contributed by atoms with E-state index in [-0.39, 0.29) is 0 Å². The summed E-state index contributed by atoms with van der Waals surface area (Å²) >= 11 is 5.90. The molecule has 0 aliphatic carbocycles. The average Bonchev–Trinajstić information content (AvgIpc) is 2.20. The second kappa shape index (κ2) is 5.21. The van der Waals surface area contributed by atoms with Crippen LogP contribution < -0.4 is 4.74 Å². The number of hydrogen-bond donors (Lipinski definition) is 1. The SMILES string of the molecule is CC(C)(CCOc1ccccc1Cl)C(=O)O. The highest BCUT2D eigenvalue weighted by Crippen LogP contribution is 2.25. The normalized spacial score (nSPS) is 11.2. The number of para-hydroxylation sites is 1. The van der Waals surface area contributed by atoms with E-state index >= 15 is 0 Å². The van der Waals surface area contributed by atoms with E-state index in [0.29, 0.717) is 23.8 Å². The summed E-state index contributed by atoms with van der Waals surface area (Å²) in [6.07, 6.45) is 0.438. The highest BCUT2D eigenvalue weighted by molar-refractivity contribution is 6.32. The molecule has 0 saturated carbocycles. The minimum Gasteiger partial charge on any atom is -0.492 e. The fraction of sp³-hybridized carbons (Fsp3) is 0.417. The lowest BCUT2D eigenvalue weighted by molar-refractivity contribution is -0.147. The van der Waals surface area contributed by atoms with Crippen molar-refractivity contribution in [1.29, 1.82) is 0 Å². The fourth-order valence-corrected chi connectivity index (χ4v) is 1.28. The van der Waals surface area contributed by atoms with E-state index < -0.39 is 11.4 Å². The summed E-state index contributed by atoms with van der Waals surface area (Å²) in [5.41, 5.74) is -0.777. The second-order valence-electron chi connectivity index (χ2n) is 4.22. The summed E-state index contributed by atoms with van der Waals surface area (Å²) in [6, 6.07) is 7.13. The van der Waals surface area contributed by atoms with Crippen LogP contribution in [0.25, 0.3) is 0 Å². The van der Waals surface area contributed by atoms with Crippen molar-refractivity contribution >= 4 is 17.6 Å². The summed E-state index contributed by atoms with van der Waals surface area (Å²) in [4.78, 5) is 10.8. The molecule has 0 spiro atoms. The summed E-state index contributed by atoms with van der Waals surface area (Å²) in [7, 11) is 0. The number of carboxylic acids is 1. The lowest BCUT2D eigenvalue weighted by Crippen LogP contribution is -2.25. The quantitative estimate of drug-likeness (QED) is 0.862. The van der Waals surface area contributed by atoms with Crippen molar-refractivity contribution in [2.45, 2.75) is 20.3 Å². The van der Waals surface area contributed by atoms with Crippen molar-refractivity contribution in [3.8, 4) is 5.75 Å². The number of ether oxygens (including phenoxy) is 1. The zero-order valence-electron chi connectivity index (χ0n) is 9.37. The Morgan fingerprint density at radius 2 is 2.06 bits per heavy atom. The van der Waals surface area contributed by atoms with Gasteiger partial charge in [0, 0.05) is 0 Å². The molecule has 0 saturated heterocycles. The molecule has 3 nitrogen and oxygen atoms in total. The van der Waals surface area contributed by atoms with Crippen LogP contribution in [0.2, 0.25) is 5.02 Å². The standard InChI is InChI=1S/C12H15ClO3/c1-12(2,11(14)15)7-8-16-10-6-4-3-5-9(10)13/h3-6H,7-8H2,1-2H3,(H,14,15). The second-order valence-corrected chi connectivity index (χ2v) is 4.63. The third-order valence-electron chi connectivity index (χ3n) is 2.40. The molecule has 0 aliphatic heterocycles. The molecule has 0 aromatic heterocycles. The van der Waals surface area contributed by atoms with Gasteiger partial charge >= 0.3 is 5.97 Å². The molecule has 16 heavy (non-hydrogen) atoms. The number of carbonyl (C=O) groups is 1. The first-order valence-corrected chi connectivity index (χ1v) is 5.42. The Bertz CT molecular complexity index is 374. The fourth-order valence-electron chi connectivity index (χ4n) is 1.08. The third kappa shape index (κ3) is 3.42. The highest BCUT2D eigenvalue weighted by Gasteiger charge is 2.26. The van der Waals surface area contributed by atoms with E-state index in [0.717, 1.165) is 0 Å². The maximum absolute atomic E-state index is 10.8. The molecule has 1 rings (SSSR count). The molecule has 1 N–H and O–H groups in total. The number of halogens is 1. The Morgan fingerprint density at radius 1 is 1.44 bits per heavy atom. The minimum atomic E-state index is -0.824. The van der Waals surface area contributed by atoms with Gasteiger partial charge < -0.3 is 9.84 Å². The van der Waals surface area contributed by atoms with Gasteiger partial charge in [-0.15, -0.1) is 0 Å². The molecule has 88 valence electrons. The minimum absolute atomic E-state index is 0.336. The van der Waals surface area contributed by atoms with Crippen molar-refractivity contribution in [2.24, 2.45) is 5.41 Å². The van der Waals surface area contributed by atoms with Gasteiger partial charge in [0.05, 0.1) is 17.0 Å². The molecule has 1 aromatic rings. The first kappa shape index (κ1) is 12.8. The van der Waals surface area contributed by atoms with E-state index in [1.54, 1.807) is 26.0 Å². The van der Waals surface area contributed by atoms with E-state index in [1.165, 1.54) is 0 Å². The van der Waals surface area contributed by atoms with Crippen LogP contribution in [0, 0.1) is 5.41 Å². The van der Waals surface area contributed by atoms with Gasteiger partial charge in [-0.25, -0.2) is 0 Å². The average molecular weight is 243 g/mol. The van der Waals surface area contributed by atoms with Crippen molar-refractivity contribution in [3.05, 3.63) is 29.3 Å². The molecule has 4 heteroatoms. The van der Waals surface area contributed by atoms with Gasteiger partial charge in [0.25, 0.3) is 0 Å². The van der Waals surface area contributed by atoms with Crippen LogP contribution >= 0.6 is 11.6 Å². The van der Waals surface area contributed by atoms with Crippen molar-refractivity contribution in [2.75, 3.05) is 6.61 Å². The molecule has 0 heterocycles.